The van der Waals surface area contributed by atoms with Crippen LogP contribution in [-0.2, 0) is 0 Å². The van der Waals surface area contributed by atoms with Crippen LogP contribution in [0.5, 0.6) is 0 Å². The molecule has 0 radical (unpaired) electrons. The summed E-state index contributed by atoms with van der Waals surface area (Å²) in [4.78, 5) is 14.5. The molecule has 0 spiro atoms. The van der Waals surface area contributed by atoms with Gasteiger partial charge in [-0.05, 0) is 25.8 Å². The number of aromatic amines is 1. The summed E-state index contributed by atoms with van der Waals surface area (Å²) in [7, 11) is 0. The molecule has 0 amide bonds. The lowest BCUT2D eigenvalue weighted by Gasteiger charge is -2.21. The van der Waals surface area contributed by atoms with Crippen molar-refractivity contribution < 1.29 is 0 Å². The lowest BCUT2D eigenvalue weighted by molar-refractivity contribution is 0.717. The second-order valence-electron chi connectivity index (χ2n) is 4.97. The van der Waals surface area contributed by atoms with E-state index in [1.165, 1.54) is 12.8 Å². The standard InChI is InChI=1S/C13H15N5/c1-9-3-2-6-17(9)13-16-8-10-7-15-12-11(18(10)13)4-5-14-12/h4-5,7-9,14H,2-3,6H2,1H3/t9-/m1/s1. The van der Waals surface area contributed by atoms with Gasteiger partial charge in [-0.2, -0.15) is 0 Å². The number of anilines is 1. The second kappa shape index (κ2) is 3.48. The van der Waals surface area contributed by atoms with Gasteiger partial charge in [0.25, 0.3) is 0 Å². The van der Waals surface area contributed by atoms with Crippen LogP contribution in [0.3, 0.4) is 0 Å². The lowest BCUT2D eigenvalue weighted by atomic mass is 10.2. The zero-order valence-corrected chi connectivity index (χ0v) is 10.3. The third kappa shape index (κ3) is 1.21. The molecule has 1 fully saturated rings. The number of hydrogen-bond acceptors (Lipinski definition) is 3. The Labute approximate surface area is 104 Å². The van der Waals surface area contributed by atoms with Gasteiger partial charge < -0.3 is 9.88 Å². The van der Waals surface area contributed by atoms with Crippen LogP contribution in [0.1, 0.15) is 19.8 Å². The zero-order chi connectivity index (χ0) is 12.1. The highest BCUT2D eigenvalue weighted by atomic mass is 15.3. The van der Waals surface area contributed by atoms with E-state index in [-0.39, 0.29) is 0 Å². The second-order valence-corrected chi connectivity index (χ2v) is 4.97. The number of fused-ring (bicyclic) bond motifs is 3. The van der Waals surface area contributed by atoms with Crippen LogP contribution in [0, 0.1) is 0 Å². The predicted molar refractivity (Wildman–Crippen MR) is 70.9 cm³/mol. The Morgan fingerprint density at radius 1 is 1.33 bits per heavy atom. The molecule has 3 aromatic heterocycles. The number of nitrogens with one attached hydrogen (secondary N) is 1. The first-order valence-corrected chi connectivity index (χ1v) is 6.41. The SMILES string of the molecule is C[C@@H]1CCCN1c1ncc2cnc3[nH]ccc3n12. The summed E-state index contributed by atoms with van der Waals surface area (Å²) in [5.74, 6) is 1.04. The average molecular weight is 241 g/mol. The van der Waals surface area contributed by atoms with Crippen molar-refractivity contribution >= 4 is 22.6 Å². The van der Waals surface area contributed by atoms with Crippen molar-refractivity contribution in [3.05, 3.63) is 24.7 Å². The molecule has 18 heavy (non-hydrogen) atoms. The summed E-state index contributed by atoms with van der Waals surface area (Å²) in [5, 5.41) is 0. The molecule has 5 nitrogen and oxygen atoms in total. The van der Waals surface area contributed by atoms with Crippen LogP contribution in [0.25, 0.3) is 16.7 Å². The Morgan fingerprint density at radius 2 is 2.22 bits per heavy atom. The molecule has 0 bridgehead atoms. The first-order valence-electron chi connectivity index (χ1n) is 6.41. The van der Waals surface area contributed by atoms with Crippen LogP contribution in [0.2, 0.25) is 0 Å². The molecule has 1 aliphatic heterocycles. The fourth-order valence-electron chi connectivity index (χ4n) is 2.89. The molecule has 1 saturated heterocycles. The fourth-order valence-corrected chi connectivity index (χ4v) is 2.89. The van der Waals surface area contributed by atoms with Gasteiger partial charge in [-0.25, -0.2) is 9.97 Å². The van der Waals surface area contributed by atoms with Crippen LogP contribution >= 0.6 is 0 Å². The number of H-pyrrole nitrogens is 1. The highest BCUT2D eigenvalue weighted by Crippen LogP contribution is 2.27. The minimum absolute atomic E-state index is 0.567. The highest BCUT2D eigenvalue weighted by molar-refractivity contribution is 5.77. The van der Waals surface area contributed by atoms with Gasteiger partial charge in [0.15, 0.2) is 5.65 Å². The Morgan fingerprint density at radius 3 is 3.06 bits per heavy atom. The first-order chi connectivity index (χ1) is 8.84. The van der Waals surface area contributed by atoms with Gasteiger partial charge in [-0.3, -0.25) is 4.40 Å². The van der Waals surface area contributed by atoms with E-state index >= 15 is 0 Å². The molecular weight excluding hydrogens is 226 g/mol. The molecule has 0 saturated carbocycles. The van der Waals surface area contributed by atoms with Crippen molar-refractivity contribution in [2.24, 2.45) is 0 Å². The van der Waals surface area contributed by atoms with E-state index in [4.69, 9.17) is 0 Å². The summed E-state index contributed by atoms with van der Waals surface area (Å²) in [6, 6.07) is 2.62. The molecular formula is C13H15N5. The summed E-state index contributed by atoms with van der Waals surface area (Å²) < 4.78 is 2.20. The Hall–Kier alpha value is -2.04. The Balaban J connectivity index is 2.02. The summed E-state index contributed by atoms with van der Waals surface area (Å²) in [6.45, 7) is 3.36. The number of rotatable bonds is 1. The topological polar surface area (TPSA) is 49.2 Å². The van der Waals surface area contributed by atoms with E-state index in [9.17, 15) is 0 Å². The average Bonchev–Trinajstić information content (AvgIpc) is 3.04. The normalized spacial score (nSPS) is 20.3. The summed E-state index contributed by atoms with van der Waals surface area (Å²) >= 11 is 0. The van der Waals surface area contributed by atoms with Crippen LogP contribution in [0.4, 0.5) is 5.95 Å². The number of nitrogens with zero attached hydrogens (tertiary/aromatic N) is 4. The largest absolute Gasteiger partial charge is 0.345 e. The van der Waals surface area contributed by atoms with Gasteiger partial charge in [-0.15, -0.1) is 0 Å². The third-order valence-electron chi connectivity index (χ3n) is 3.85. The molecule has 4 heterocycles. The van der Waals surface area contributed by atoms with E-state index in [1.807, 2.05) is 18.6 Å². The van der Waals surface area contributed by atoms with Gasteiger partial charge in [0.2, 0.25) is 5.95 Å². The Bertz CT molecular complexity index is 710. The van der Waals surface area contributed by atoms with Gasteiger partial charge in [0.05, 0.1) is 23.4 Å². The number of aromatic nitrogens is 4. The first kappa shape index (κ1) is 9.94. The summed E-state index contributed by atoms with van der Waals surface area (Å²) in [5.41, 5.74) is 3.06. The van der Waals surface area contributed by atoms with Gasteiger partial charge in [-0.1, -0.05) is 0 Å². The predicted octanol–water partition coefficient (Wildman–Crippen LogP) is 2.20. The van der Waals surface area contributed by atoms with Crippen molar-refractivity contribution in [3.8, 4) is 0 Å². The molecule has 4 rings (SSSR count). The number of imidazole rings is 1. The van der Waals surface area contributed by atoms with E-state index < -0.39 is 0 Å². The molecule has 3 aromatic rings. The molecule has 92 valence electrons. The molecule has 5 heteroatoms. The van der Waals surface area contributed by atoms with Gasteiger partial charge >= 0.3 is 0 Å². The van der Waals surface area contributed by atoms with Crippen molar-refractivity contribution in [1.82, 2.24) is 19.4 Å². The van der Waals surface area contributed by atoms with E-state index in [2.05, 4.69) is 37.2 Å². The van der Waals surface area contributed by atoms with Crippen molar-refractivity contribution in [3.63, 3.8) is 0 Å². The van der Waals surface area contributed by atoms with E-state index in [1.54, 1.807) is 0 Å². The zero-order valence-electron chi connectivity index (χ0n) is 10.3. The van der Waals surface area contributed by atoms with Gasteiger partial charge in [0.1, 0.15) is 0 Å². The van der Waals surface area contributed by atoms with Crippen LogP contribution in [-0.4, -0.2) is 31.9 Å². The molecule has 1 atom stereocenters. The molecule has 0 aliphatic carbocycles. The summed E-state index contributed by atoms with van der Waals surface area (Å²) in [6.07, 6.45) is 8.19. The molecule has 0 unspecified atom stereocenters. The van der Waals surface area contributed by atoms with Gasteiger partial charge in [0, 0.05) is 18.8 Å². The maximum absolute atomic E-state index is 4.59. The molecule has 0 aromatic carbocycles. The minimum Gasteiger partial charge on any atom is -0.345 e. The van der Waals surface area contributed by atoms with Crippen LogP contribution < -0.4 is 4.90 Å². The molecule has 1 aliphatic rings. The minimum atomic E-state index is 0.567. The van der Waals surface area contributed by atoms with Crippen molar-refractivity contribution in [2.75, 3.05) is 11.4 Å². The maximum atomic E-state index is 4.59. The maximum Gasteiger partial charge on any atom is 0.211 e. The fraction of sp³-hybridized carbons (Fsp3) is 0.385. The quantitative estimate of drug-likeness (QED) is 0.710. The lowest BCUT2D eigenvalue weighted by Crippen LogP contribution is -2.28. The van der Waals surface area contributed by atoms with Crippen LogP contribution in [0.15, 0.2) is 24.7 Å². The molecule has 1 N–H and O–H groups in total. The smallest absolute Gasteiger partial charge is 0.211 e. The van der Waals surface area contributed by atoms with Crippen molar-refractivity contribution in [2.45, 2.75) is 25.8 Å². The number of hydrogen-bond donors (Lipinski definition) is 1. The Kier molecular flexibility index (Phi) is 1.92. The van der Waals surface area contributed by atoms with Crippen molar-refractivity contribution in [1.29, 1.82) is 0 Å². The third-order valence-corrected chi connectivity index (χ3v) is 3.85. The van der Waals surface area contributed by atoms with E-state index in [0.29, 0.717) is 6.04 Å². The van der Waals surface area contributed by atoms with E-state index in [0.717, 1.165) is 29.2 Å². The monoisotopic (exact) mass is 241 g/mol. The highest BCUT2D eigenvalue weighted by Gasteiger charge is 2.24.